The van der Waals surface area contributed by atoms with Gasteiger partial charge < -0.3 is 9.47 Å². The maximum Gasteiger partial charge on any atom is 0.332 e. The van der Waals surface area contributed by atoms with Gasteiger partial charge in [-0.1, -0.05) is 6.58 Å². The van der Waals surface area contributed by atoms with Crippen molar-refractivity contribution >= 4 is 5.97 Å². The molecular weight excluding hydrogens is 120 g/mol. The second-order valence-electron chi connectivity index (χ2n) is 1.28. The first-order chi connectivity index (χ1) is 4.31. The van der Waals surface area contributed by atoms with Crippen LogP contribution in [0.4, 0.5) is 0 Å². The van der Waals surface area contributed by atoms with E-state index >= 15 is 0 Å². The summed E-state index contributed by atoms with van der Waals surface area (Å²) in [6.07, 6.45) is 1.10. The first-order valence-corrected chi connectivity index (χ1v) is 2.68. The Labute approximate surface area is 54.3 Å². The molecule has 0 saturated heterocycles. The summed E-state index contributed by atoms with van der Waals surface area (Å²) < 4.78 is 9.17. The fraction of sp³-hybridized carbons (Fsp3) is 0.500. The molecule has 0 atom stereocenters. The van der Waals surface area contributed by atoms with Crippen molar-refractivity contribution in [1.82, 2.24) is 0 Å². The fourth-order valence-corrected chi connectivity index (χ4v) is 0.242. The molecule has 3 nitrogen and oxygen atoms in total. The molecule has 0 amide bonds. The molecule has 0 aliphatic heterocycles. The van der Waals surface area contributed by atoms with Crippen molar-refractivity contribution in [2.45, 2.75) is 6.92 Å². The van der Waals surface area contributed by atoms with Gasteiger partial charge >= 0.3 is 5.97 Å². The minimum absolute atomic E-state index is 0.0152. The Bertz CT molecular complexity index is 98.5. The molecule has 0 rings (SSSR count). The Kier molecular flexibility index (Phi) is 4.82. The second kappa shape index (κ2) is 5.31. The molecule has 9 heavy (non-hydrogen) atoms. The third kappa shape index (κ3) is 5.03. The lowest BCUT2D eigenvalue weighted by Gasteiger charge is -1.98. The maximum absolute atomic E-state index is 10.3. The van der Waals surface area contributed by atoms with E-state index in [1.807, 2.05) is 6.92 Å². The predicted octanol–water partition coefficient (Wildman–Crippen LogP) is 0.710. The summed E-state index contributed by atoms with van der Waals surface area (Å²) in [5, 5.41) is 0. The molecule has 0 aromatic carbocycles. The Morgan fingerprint density at radius 3 is 2.89 bits per heavy atom. The number of carbonyl (C=O) groups is 1. The van der Waals surface area contributed by atoms with Gasteiger partial charge in [0.05, 0.1) is 0 Å². The topological polar surface area (TPSA) is 35.5 Å². The van der Waals surface area contributed by atoms with Gasteiger partial charge in [0, 0.05) is 12.7 Å². The van der Waals surface area contributed by atoms with Crippen molar-refractivity contribution in [3.05, 3.63) is 12.7 Å². The van der Waals surface area contributed by atoms with Crippen molar-refractivity contribution < 1.29 is 14.3 Å². The fourth-order valence-electron chi connectivity index (χ4n) is 0.242. The van der Waals surface area contributed by atoms with Gasteiger partial charge in [-0.25, -0.2) is 4.79 Å². The number of carbonyl (C=O) groups excluding carboxylic acids is 1. The highest BCUT2D eigenvalue weighted by molar-refractivity contribution is 5.81. The van der Waals surface area contributed by atoms with E-state index in [1.54, 1.807) is 0 Å². The lowest BCUT2D eigenvalue weighted by Crippen LogP contribution is -2.04. The molecule has 0 unspecified atom stereocenters. The molecule has 0 radical (unpaired) electrons. The van der Waals surface area contributed by atoms with Crippen LogP contribution in [0.1, 0.15) is 6.92 Å². The highest BCUT2D eigenvalue weighted by atomic mass is 16.7. The van der Waals surface area contributed by atoms with Crippen molar-refractivity contribution in [2.75, 3.05) is 13.4 Å². The monoisotopic (exact) mass is 130 g/mol. The van der Waals surface area contributed by atoms with E-state index in [4.69, 9.17) is 4.74 Å². The van der Waals surface area contributed by atoms with E-state index < -0.39 is 5.97 Å². The van der Waals surface area contributed by atoms with Crippen molar-refractivity contribution in [2.24, 2.45) is 0 Å². The molecule has 0 N–H and O–H groups in total. The molecular formula is C6H10O3. The first-order valence-electron chi connectivity index (χ1n) is 2.68. The average molecular weight is 130 g/mol. The van der Waals surface area contributed by atoms with Crippen LogP contribution in [-0.2, 0) is 14.3 Å². The highest BCUT2D eigenvalue weighted by Gasteiger charge is 1.91. The molecule has 0 bridgehead atoms. The number of hydrogen-bond donors (Lipinski definition) is 0. The molecule has 0 fully saturated rings. The van der Waals surface area contributed by atoms with Gasteiger partial charge in [-0.05, 0) is 6.92 Å². The summed E-state index contributed by atoms with van der Waals surface area (Å²) in [4.78, 5) is 10.3. The molecule has 52 valence electrons. The minimum Gasteiger partial charge on any atom is -0.435 e. The van der Waals surface area contributed by atoms with Crippen molar-refractivity contribution in [1.29, 1.82) is 0 Å². The normalized spacial score (nSPS) is 8.56. The van der Waals surface area contributed by atoms with Crippen LogP contribution in [0.2, 0.25) is 0 Å². The Hall–Kier alpha value is -0.830. The van der Waals surface area contributed by atoms with E-state index in [0.29, 0.717) is 6.61 Å². The third-order valence-corrected chi connectivity index (χ3v) is 0.655. The highest BCUT2D eigenvalue weighted by Crippen LogP contribution is 1.79. The van der Waals surface area contributed by atoms with Gasteiger partial charge in [0.15, 0.2) is 6.79 Å². The predicted molar refractivity (Wildman–Crippen MR) is 32.8 cm³/mol. The SMILES string of the molecule is C=CC(=O)OCOCC. The average Bonchev–Trinajstić information content (AvgIpc) is 1.89. The molecule has 0 aromatic rings. The van der Waals surface area contributed by atoms with Gasteiger partial charge in [0.2, 0.25) is 0 Å². The van der Waals surface area contributed by atoms with Gasteiger partial charge in [0.1, 0.15) is 0 Å². The van der Waals surface area contributed by atoms with Gasteiger partial charge in [-0.2, -0.15) is 0 Å². The molecule has 0 aliphatic carbocycles. The summed E-state index contributed by atoms with van der Waals surface area (Å²) >= 11 is 0. The van der Waals surface area contributed by atoms with Crippen molar-refractivity contribution in [3.8, 4) is 0 Å². The zero-order valence-corrected chi connectivity index (χ0v) is 5.42. The summed E-state index contributed by atoms with van der Waals surface area (Å²) in [5.74, 6) is -0.455. The summed E-state index contributed by atoms with van der Waals surface area (Å²) in [5.41, 5.74) is 0. The summed E-state index contributed by atoms with van der Waals surface area (Å²) in [6.45, 7) is 5.59. The maximum atomic E-state index is 10.3. The lowest BCUT2D eigenvalue weighted by molar-refractivity contribution is -0.149. The quantitative estimate of drug-likeness (QED) is 0.243. The van der Waals surface area contributed by atoms with Gasteiger partial charge in [-0.3, -0.25) is 0 Å². The first kappa shape index (κ1) is 8.17. The van der Waals surface area contributed by atoms with Crippen LogP contribution in [0, 0.1) is 0 Å². The number of rotatable bonds is 4. The summed E-state index contributed by atoms with van der Waals surface area (Å²) in [7, 11) is 0. The van der Waals surface area contributed by atoms with Crippen LogP contribution in [0.3, 0.4) is 0 Å². The Balaban J connectivity index is 3.07. The molecule has 0 aliphatic rings. The van der Waals surface area contributed by atoms with E-state index in [0.717, 1.165) is 6.08 Å². The lowest BCUT2D eigenvalue weighted by atomic mass is 10.7. The number of hydrogen-bond acceptors (Lipinski definition) is 3. The Morgan fingerprint density at radius 1 is 1.78 bits per heavy atom. The number of esters is 1. The van der Waals surface area contributed by atoms with Crippen LogP contribution in [0.5, 0.6) is 0 Å². The minimum atomic E-state index is -0.455. The zero-order valence-electron chi connectivity index (χ0n) is 5.42. The molecule has 0 spiro atoms. The molecule has 0 saturated carbocycles. The van der Waals surface area contributed by atoms with Crippen LogP contribution >= 0.6 is 0 Å². The van der Waals surface area contributed by atoms with E-state index in [9.17, 15) is 4.79 Å². The van der Waals surface area contributed by atoms with Gasteiger partial charge in [-0.15, -0.1) is 0 Å². The van der Waals surface area contributed by atoms with E-state index in [1.165, 1.54) is 0 Å². The van der Waals surface area contributed by atoms with E-state index in [-0.39, 0.29) is 6.79 Å². The third-order valence-electron chi connectivity index (χ3n) is 0.655. The molecule has 0 heterocycles. The van der Waals surface area contributed by atoms with Crippen LogP contribution in [0.25, 0.3) is 0 Å². The van der Waals surface area contributed by atoms with Gasteiger partial charge in [0.25, 0.3) is 0 Å². The summed E-state index contributed by atoms with van der Waals surface area (Å²) in [6, 6.07) is 0. The van der Waals surface area contributed by atoms with Crippen LogP contribution < -0.4 is 0 Å². The van der Waals surface area contributed by atoms with Crippen LogP contribution in [-0.4, -0.2) is 19.4 Å². The molecule has 3 heteroatoms. The standard InChI is InChI=1S/C6H10O3/c1-3-6(7)9-5-8-4-2/h3H,1,4-5H2,2H3. The van der Waals surface area contributed by atoms with Crippen molar-refractivity contribution in [3.63, 3.8) is 0 Å². The largest absolute Gasteiger partial charge is 0.435 e. The smallest absolute Gasteiger partial charge is 0.332 e. The molecule has 0 aromatic heterocycles. The van der Waals surface area contributed by atoms with E-state index in [2.05, 4.69) is 11.3 Å². The zero-order chi connectivity index (χ0) is 7.11. The Morgan fingerprint density at radius 2 is 2.44 bits per heavy atom. The van der Waals surface area contributed by atoms with Crippen LogP contribution in [0.15, 0.2) is 12.7 Å². The number of ether oxygens (including phenoxy) is 2. The second-order valence-corrected chi connectivity index (χ2v) is 1.28.